The summed E-state index contributed by atoms with van der Waals surface area (Å²) in [4.78, 5) is 17.3. The van der Waals surface area contributed by atoms with Crippen LogP contribution >= 0.6 is 11.3 Å². The van der Waals surface area contributed by atoms with Gasteiger partial charge in [-0.3, -0.25) is 10.1 Å². The number of carbonyl (C=O) groups excluding carboxylic acids is 1. The van der Waals surface area contributed by atoms with Crippen LogP contribution in [0.15, 0.2) is 77.7 Å². The molecule has 0 radical (unpaired) electrons. The molecule has 0 aliphatic rings. The van der Waals surface area contributed by atoms with Crippen LogP contribution in [0.2, 0.25) is 0 Å². The van der Waals surface area contributed by atoms with Gasteiger partial charge in [-0.05, 0) is 42.0 Å². The Bertz CT molecular complexity index is 1370. The van der Waals surface area contributed by atoms with E-state index >= 15 is 0 Å². The molecule has 0 aliphatic carbocycles. The summed E-state index contributed by atoms with van der Waals surface area (Å²) in [6.45, 7) is 2.42. The number of hydrogen-bond acceptors (Lipinski definition) is 6. The molecular formula is C24H23N3O4S2. The van der Waals surface area contributed by atoms with Gasteiger partial charge in [0, 0.05) is 18.7 Å². The highest BCUT2D eigenvalue weighted by Crippen LogP contribution is 2.32. The minimum absolute atomic E-state index is 0.140. The van der Waals surface area contributed by atoms with E-state index in [1.165, 1.54) is 39.9 Å². The van der Waals surface area contributed by atoms with Crippen LogP contribution in [0.3, 0.4) is 0 Å². The first-order valence-electron chi connectivity index (χ1n) is 10.3. The molecule has 9 heteroatoms. The first kappa shape index (κ1) is 22.9. The highest BCUT2D eigenvalue weighted by atomic mass is 32.2. The van der Waals surface area contributed by atoms with E-state index in [0.29, 0.717) is 28.5 Å². The van der Waals surface area contributed by atoms with Crippen LogP contribution in [0.1, 0.15) is 22.8 Å². The Hall–Kier alpha value is -3.27. The quantitative estimate of drug-likeness (QED) is 0.392. The molecule has 0 aliphatic heterocycles. The lowest BCUT2D eigenvalue weighted by atomic mass is 10.2. The highest BCUT2D eigenvalue weighted by molar-refractivity contribution is 7.89. The number of nitrogens with zero attached hydrogens (tertiary/aromatic N) is 2. The van der Waals surface area contributed by atoms with Gasteiger partial charge in [-0.2, -0.15) is 4.31 Å². The Morgan fingerprint density at radius 1 is 1.03 bits per heavy atom. The number of ether oxygens (including phenoxy) is 1. The third-order valence-electron chi connectivity index (χ3n) is 5.13. The first-order valence-corrected chi connectivity index (χ1v) is 12.6. The van der Waals surface area contributed by atoms with E-state index < -0.39 is 10.0 Å². The summed E-state index contributed by atoms with van der Waals surface area (Å²) >= 11 is 1.34. The molecule has 0 unspecified atom stereocenters. The van der Waals surface area contributed by atoms with E-state index in [-0.39, 0.29) is 17.3 Å². The minimum atomic E-state index is -3.70. The fourth-order valence-corrected chi connectivity index (χ4v) is 5.71. The zero-order valence-corrected chi connectivity index (χ0v) is 19.8. The third kappa shape index (κ3) is 4.90. The van der Waals surface area contributed by atoms with Crippen LogP contribution < -0.4 is 10.1 Å². The second-order valence-electron chi connectivity index (χ2n) is 7.22. The number of anilines is 1. The van der Waals surface area contributed by atoms with Crippen LogP contribution in [-0.2, 0) is 16.6 Å². The van der Waals surface area contributed by atoms with E-state index in [1.807, 2.05) is 48.5 Å². The van der Waals surface area contributed by atoms with Crippen molar-refractivity contribution >= 4 is 42.6 Å². The van der Waals surface area contributed by atoms with Crippen molar-refractivity contribution < 1.29 is 17.9 Å². The predicted octanol–water partition coefficient (Wildman–Crippen LogP) is 4.77. The molecule has 0 bridgehead atoms. The molecule has 7 nitrogen and oxygen atoms in total. The van der Waals surface area contributed by atoms with Crippen LogP contribution in [0.4, 0.5) is 5.13 Å². The highest BCUT2D eigenvalue weighted by Gasteiger charge is 2.23. The standard InChI is InChI=1S/C24H23N3O4S2/c1-3-27(16-17-8-5-4-6-9-17)33(29,30)19-14-12-18(13-15-19)23(28)26-24-25-22-20(31-2)10-7-11-21(22)32-24/h4-15H,3,16H2,1-2H3,(H,25,26,28). The maximum atomic E-state index is 13.1. The van der Waals surface area contributed by atoms with Crippen LogP contribution in [-0.4, -0.2) is 37.3 Å². The topological polar surface area (TPSA) is 88.6 Å². The summed E-state index contributed by atoms with van der Waals surface area (Å²) in [6, 6.07) is 20.9. The first-order chi connectivity index (χ1) is 15.9. The van der Waals surface area contributed by atoms with Gasteiger partial charge in [0.25, 0.3) is 5.91 Å². The lowest BCUT2D eigenvalue weighted by Crippen LogP contribution is -2.30. The molecule has 0 saturated carbocycles. The molecule has 3 aromatic carbocycles. The van der Waals surface area contributed by atoms with E-state index in [1.54, 1.807) is 14.0 Å². The van der Waals surface area contributed by atoms with E-state index in [9.17, 15) is 13.2 Å². The third-order valence-corrected chi connectivity index (χ3v) is 8.00. The summed E-state index contributed by atoms with van der Waals surface area (Å²) < 4.78 is 33.8. The molecule has 0 spiro atoms. The lowest BCUT2D eigenvalue weighted by Gasteiger charge is -2.20. The Morgan fingerprint density at radius 2 is 1.76 bits per heavy atom. The lowest BCUT2D eigenvalue weighted by molar-refractivity contribution is 0.102. The average molecular weight is 482 g/mol. The van der Waals surface area contributed by atoms with Crippen molar-refractivity contribution in [2.24, 2.45) is 0 Å². The number of rotatable bonds is 8. The van der Waals surface area contributed by atoms with E-state index in [2.05, 4.69) is 10.3 Å². The fourth-order valence-electron chi connectivity index (χ4n) is 3.39. The molecule has 0 saturated heterocycles. The smallest absolute Gasteiger partial charge is 0.257 e. The summed E-state index contributed by atoms with van der Waals surface area (Å²) in [5.41, 5.74) is 1.93. The molecular weight excluding hydrogens is 458 g/mol. The molecule has 0 atom stereocenters. The van der Waals surface area contributed by atoms with Gasteiger partial charge in [-0.25, -0.2) is 13.4 Å². The second kappa shape index (κ2) is 9.70. The number of para-hydroxylation sites is 1. The fraction of sp³-hybridized carbons (Fsp3) is 0.167. The number of carbonyl (C=O) groups is 1. The number of nitrogens with one attached hydrogen (secondary N) is 1. The summed E-state index contributed by atoms with van der Waals surface area (Å²) in [7, 11) is -2.13. The van der Waals surface area contributed by atoms with Crippen molar-refractivity contribution in [1.29, 1.82) is 0 Å². The average Bonchev–Trinajstić information content (AvgIpc) is 3.25. The van der Waals surface area contributed by atoms with E-state index in [4.69, 9.17) is 4.74 Å². The van der Waals surface area contributed by atoms with E-state index in [0.717, 1.165) is 10.3 Å². The minimum Gasteiger partial charge on any atom is -0.494 e. The number of benzene rings is 3. The van der Waals surface area contributed by atoms with Crippen LogP contribution in [0.25, 0.3) is 10.2 Å². The Labute approximate surface area is 196 Å². The summed E-state index contributed by atoms with van der Waals surface area (Å²) in [5, 5.41) is 3.22. The van der Waals surface area contributed by atoms with Crippen molar-refractivity contribution in [1.82, 2.24) is 9.29 Å². The van der Waals surface area contributed by atoms with Crippen LogP contribution in [0, 0.1) is 0 Å². The normalized spacial score (nSPS) is 11.6. The molecule has 4 rings (SSSR count). The largest absolute Gasteiger partial charge is 0.494 e. The molecule has 1 aromatic heterocycles. The Morgan fingerprint density at radius 3 is 2.42 bits per heavy atom. The summed E-state index contributed by atoms with van der Waals surface area (Å²) in [5.74, 6) is 0.267. The summed E-state index contributed by atoms with van der Waals surface area (Å²) in [6.07, 6.45) is 0. The number of aromatic nitrogens is 1. The number of fused-ring (bicyclic) bond motifs is 1. The van der Waals surface area contributed by atoms with Crippen molar-refractivity contribution in [2.75, 3.05) is 19.0 Å². The Kier molecular flexibility index (Phi) is 6.73. The second-order valence-corrected chi connectivity index (χ2v) is 10.2. The van der Waals surface area contributed by atoms with Crippen molar-refractivity contribution in [3.8, 4) is 5.75 Å². The molecule has 1 heterocycles. The molecule has 0 fully saturated rings. The maximum absolute atomic E-state index is 13.1. The number of amides is 1. The van der Waals surface area contributed by atoms with Gasteiger partial charge in [0.15, 0.2) is 5.13 Å². The number of methoxy groups -OCH3 is 1. The van der Waals surface area contributed by atoms with Gasteiger partial charge in [0.1, 0.15) is 11.3 Å². The SMILES string of the molecule is CCN(Cc1ccccc1)S(=O)(=O)c1ccc(C(=O)Nc2nc3c(OC)cccc3s2)cc1. The molecule has 170 valence electrons. The van der Waals surface area contributed by atoms with Gasteiger partial charge in [0.2, 0.25) is 10.0 Å². The number of hydrogen-bond donors (Lipinski definition) is 1. The van der Waals surface area contributed by atoms with Gasteiger partial charge < -0.3 is 4.74 Å². The molecule has 4 aromatic rings. The maximum Gasteiger partial charge on any atom is 0.257 e. The molecule has 1 N–H and O–H groups in total. The zero-order chi connectivity index (χ0) is 23.4. The number of sulfonamides is 1. The van der Waals surface area contributed by atoms with Gasteiger partial charge in [-0.1, -0.05) is 54.7 Å². The molecule has 33 heavy (non-hydrogen) atoms. The molecule has 1 amide bonds. The van der Waals surface area contributed by atoms with Gasteiger partial charge in [-0.15, -0.1) is 0 Å². The zero-order valence-electron chi connectivity index (χ0n) is 18.2. The van der Waals surface area contributed by atoms with Gasteiger partial charge >= 0.3 is 0 Å². The van der Waals surface area contributed by atoms with Crippen molar-refractivity contribution in [3.63, 3.8) is 0 Å². The van der Waals surface area contributed by atoms with Crippen molar-refractivity contribution in [3.05, 3.63) is 83.9 Å². The monoisotopic (exact) mass is 481 g/mol. The van der Waals surface area contributed by atoms with Gasteiger partial charge in [0.05, 0.1) is 16.7 Å². The van der Waals surface area contributed by atoms with Crippen molar-refractivity contribution in [2.45, 2.75) is 18.4 Å². The number of thiazole rings is 1. The predicted molar refractivity (Wildman–Crippen MR) is 130 cm³/mol. The Balaban J connectivity index is 1.50. The van der Waals surface area contributed by atoms with Crippen LogP contribution in [0.5, 0.6) is 5.75 Å².